The average Bonchev–Trinajstić information content (AvgIpc) is 2.74. The Kier molecular flexibility index (Phi) is 5.41. The van der Waals surface area contributed by atoms with Crippen molar-refractivity contribution >= 4 is 43.6 Å². The number of rotatable bonds is 4. The van der Waals surface area contributed by atoms with Crippen LogP contribution in [-0.4, -0.2) is 13.0 Å². The summed E-state index contributed by atoms with van der Waals surface area (Å²) in [7, 11) is -4.30. The number of azo groups is 1. The topological polar surface area (TPSA) is 131 Å². The summed E-state index contributed by atoms with van der Waals surface area (Å²) >= 11 is 0. The maximum Gasteiger partial charge on any atom is 0.294 e. The third-order valence-corrected chi connectivity index (χ3v) is 6.20. The molecule has 0 atom stereocenters. The van der Waals surface area contributed by atoms with E-state index in [9.17, 15) is 13.0 Å². The lowest BCUT2D eigenvalue weighted by molar-refractivity contribution is 0.483. The highest BCUT2D eigenvalue weighted by atomic mass is 32.2. The fourth-order valence-corrected chi connectivity index (χ4v) is 4.00. The zero-order valence-electron chi connectivity index (χ0n) is 17.6. The third-order valence-electron chi connectivity index (χ3n) is 5.35. The quantitative estimate of drug-likeness (QED) is 0.202. The predicted molar refractivity (Wildman–Crippen MR) is 128 cm³/mol. The lowest BCUT2D eigenvalue weighted by Crippen LogP contribution is -1.97. The maximum atomic E-state index is 11.4. The summed E-state index contributed by atoms with van der Waals surface area (Å²) in [5, 5.41) is 9.95. The zero-order chi connectivity index (χ0) is 23.0. The minimum atomic E-state index is -4.30. The number of benzene rings is 4. The molecule has 4 aromatic rings. The summed E-state index contributed by atoms with van der Waals surface area (Å²) in [6.45, 7) is 3.93. The molecule has 0 aliphatic rings. The Hall–Kier alpha value is -3.75. The first-order valence-electron chi connectivity index (χ1n) is 9.82. The van der Waals surface area contributed by atoms with Gasteiger partial charge >= 0.3 is 0 Å². The van der Waals surface area contributed by atoms with Gasteiger partial charge in [0.1, 0.15) is 5.69 Å². The monoisotopic (exact) mass is 446 g/mol. The second-order valence-electron chi connectivity index (χ2n) is 7.63. The van der Waals surface area contributed by atoms with Gasteiger partial charge in [0.2, 0.25) is 0 Å². The highest BCUT2D eigenvalue weighted by Gasteiger charge is 2.13. The number of fused-ring (bicyclic) bond motifs is 1. The van der Waals surface area contributed by atoms with Crippen LogP contribution in [-0.2, 0) is 10.1 Å². The van der Waals surface area contributed by atoms with Crippen LogP contribution >= 0.6 is 0 Å². The molecule has 0 aliphatic carbocycles. The molecular weight excluding hydrogens is 424 g/mol. The summed E-state index contributed by atoms with van der Waals surface area (Å²) in [6, 6.07) is 19.4. The van der Waals surface area contributed by atoms with Gasteiger partial charge in [-0.1, -0.05) is 24.3 Å². The Bertz CT molecular complexity index is 1500. The van der Waals surface area contributed by atoms with Crippen LogP contribution < -0.4 is 11.5 Å². The van der Waals surface area contributed by atoms with E-state index in [2.05, 4.69) is 10.2 Å². The van der Waals surface area contributed by atoms with E-state index in [0.717, 1.165) is 27.9 Å². The van der Waals surface area contributed by atoms with Gasteiger partial charge in [-0.25, -0.2) is 0 Å². The van der Waals surface area contributed by atoms with Crippen LogP contribution in [0.3, 0.4) is 0 Å². The first kappa shape index (κ1) is 21.5. The van der Waals surface area contributed by atoms with E-state index < -0.39 is 10.1 Å². The van der Waals surface area contributed by atoms with Crippen molar-refractivity contribution in [3.63, 3.8) is 0 Å². The van der Waals surface area contributed by atoms with E-state index >= 15 is 0 Å². The maximum absolute atomic E-state index is 11.4. The molecule has 0 unspecified atom stereocenters. The summed E-state index contributed by atoms with van der Waals surface area (Å²) in [5.74, 6) is 0. The third kappa shape index (κ3) is 4.18. The molecule has 0 aliphatic heterocycles. The van der Waals surface area contributed by atoms with Gasteiger partial charge in [-0.05, 0) is 84.0 Å². The number of hydrogen-bond donors (Lipinski definition) is 3. The van der Waals surface area contributed by atoms with E-state index in [0.29, 0.717) is 27.8 Å². The van der Waals surface area contributed by atoms with Gasteiger partial charge in [-0.3, -0.25) is 4.55 Å². The molecule has 7 nitrogen and oxygen atoms in total. The van der Waals surface area contributed by atoms with Gasteiger partial charge in [-0.2, -0.15) is 13.5 Å². The van der Waals surface area contributed by atoms with Gasteiger partial charge in [0.25, 0.3) is 10.1 Å². The van der Waals surface area contributed by atoms with Gasteiger partial charge in [0.15, 0.2) is 0 Å². The van der Waals surface area contributed by atoms with Gasteiger partial charge in [0.05, 0.1) is 16.3 Å². The Morgan fingerprint density at radius 3 is 2.06 bits per heavy atom. The SMILES string of the molecule is Cc1cc(-c2ccc(N=Nc3c(N)ccc4cc(S(=O)(=O)O)ccc34)c(C)c2)ccc1N. The van der Waals surface area contributed by atoms with E-state index in [-0.39, 0.29) is 4.90 Å². The summed E-state index contributed by atoms with van der Waals surface area (Å²) in [6.07, 6.45) is 0. The lowest BCUT2D eigenvalue weighted by atomic mass is 10.0. The van der Waals surface area contributed by atoms with E-state index in [4.69, 9.17) is 11.5 Å². The Balaban J connectivity index is 1.71. The second-order valence-corrected chi connectivity index (χ2v) is 9.06. The van der Waals surface area contributed by atoms with Gasteiger partial charge in [-0.15, -0.1) is 5.11 Å². The molecule has 0 spiro atoms. The van der Waals surface area contributed by atoms with Crippen LogP contribution in [0.2, 0.25) is 0 Å². The molecule has 0 fully saturated rings. The lowest BCUT2D eigenvalue weighted by Gasteiger charge is -2.09. The van der Waals surface area contributed by atoms with Crippen molar-refractivity contribution in [3.8, 4) is 11.1 Å². The van der Waals surface area contributed by atoms with Crippen molar-refractivity contribution in [2.75, 3.05) is 11.5 Å². The van der Waals surface area contributed by atoms with Crippen molar-refractivity contribution in [2.45, 2.75) is 18.7 Å². The van der Waals surface area contributed by atoms with Gasteiger partial charge in [0, 0.05) is 11.1 Å². The van der Waals surface area contributed by atoms with Crippen LogP contribution in [0.15, 0.2) is 81.9 Å². The van der Waals surface area contributed by atoms with Crippen molar-refractivity contribution in [1.82, 2.24) is 0 Å². The number of nitrogens with two attached hydrogens (primary N) is 2. The fourth-order valence-electron chi connectivity index (χ4n) is 3.49. The molecule has 5 N–H and O–H groups in total. The van der Waals surface area contributed by atoms with Crippen LogP contribution in [0.1, 0.15) is 11.1 Å². The van der Waals surface area contributed by atoms with Crippen molar-refractivity contribution in [3.05, 3.63) is 77.9 Å². The Morgan fingerprint density at radius 1 is 0.750 bits per heavy atom. The molecule has 4 rings (SSSR count). The number of nitrogen functional groups attached to an aromatic ring is 2. The number of nitrogens with zero attached hydrogens (tertiary/aromatic N) is 2. The number of aryl methyl sites for hydroxylation is 2. The predicted octanol–water partition coefficient (Wildman–Crippen LogP) is 5.95. The van der Waals surface area contributed by atoms with Crippen LogP contribution in [0.5, 0.6) is 0 Å². The first-order valence-corrected chi connectivity index (χ1v) is 11.3. The Morgan fingerprint density at radius 2 is 1.41 bits per heavy atom. The van der Waals surface area contributed by atoms with E-state index in [1.807, 2.05) is 50.2 Å². The van der Waals surface area contributed by atoms with Crippen molar-refractivity contribution in [2.24, 2.45) is 10.2 Å². The molecule has 8 heteroatoms. The number of hydrogen-bond acceptors (Lipinski definition) is 6. The van der Waals surface area contributed by atoms with Gasteiger partial charge < -0.3 is 11.5 Å². The minimum absolute atomic E-state index is 0.193. The van der Waals surface area contributed by atoms with E-state index in [1.54, 1.807) is 18.2 Å². The van der Waals surface area contributed by atoms with Crippen molar-refractivity contribution < 1.29 is 13.0 Å². The molecule has 0 radical (unpaired) electrons. The molecule has 0 bridgehead atoms. The summed E-state index contributed by atoms with van der Waals surface area (Å²) in [5.41, 5.74) is 18.4. The highest BCUT2D eigenvalue weighted by Crippen LogP contribution is 2.35. The summed E-state index contributed by atoms with van der Waals surface area (Å²) < 4.78 is 32.1. The molecule has 0 amide bonds. The van der Waals surface area contributed by atoms with Crippen LogP contribution in [0.25, 0.3) is 21.9 Å². The molecule has 0 saturated heterocycles. The molecule has 162 valence electrons. The standard InChI is InChI=1S/C24H22N4O3S/c1-14-11-16(3-8-21(14)25)17-5-10-23(15(2)12-17)27-28-24-20-7-6-19(32(29,30)31)13-18(20)4-9-22(24)26/h3-13H,25-26H2,1-2H3,(H,29,30,31). The highest BCUT2D eigenvalue weighted by molar-refractivity contribution is 7.85. The zero-order valence-corrected chi connectivity index (χ0v) is 18.4. The molecule has 32 heavy (non-hydrogen) atoms. The smallest absolute Gasteiger partial charge is 0.294 e. The average molecular weight is 447 g/mol. The largest absolute Gasteiger partial charge is 0.399 e. The molecule has 0 heterocycles. The van der Waals surface area contributed by atoms with Crippen LogP contribution in [0.4, 0.5) is 22.7 Å². The Labute approximate surface area is 186 Å². The summed E-state index contributed by atoms with van der Waals surface area (Å²) in [4.78, 5) is -0.193. The number of anilines is 2. The normalized spacial score (nSPS) is 12.0. The first-order chi connectivity index (χ1) is 15.1. The molecule has 0 aromatic heterocycles. The van der Waals surface area contributed by atoms with E-state index in [1.165, 1.54) is 12.1 Å². The second kappa shape index (κ2) is 8.07. The minimum Gasteiger partial charge on any atom is -0.399 e. The van der Waals surface area contributed by atoms with Crippen LogP contribution in [0, 0.1) is 13.8 Å². The molecular formula is C24H22N4O3S. The molecule has 4 aromatic carbocycles. The fraction of sp³-hybridized carbons (Fsp3) is 0.0833. The van der Waals surface area contributed by atoms with Crippen molar-refractivity contribution in [1.29, 1.82) is 0 Å². The molecule has 0 saturated carbocycles.